The monoisotopic (exact) mass is 296 g/mol. The summed E-state index contributed by atoms with van der Waals surface area (Å²) in [6.45, 7) is 3.18. The summed E-state index contributed by atoms with van der Waals surface area (Å²) < 4.78 is 18.6. The van der Waals surface area contributed by atoms with E-state index in [9.17, 15) is 19.3 Å². The first-order valence-electron chi connectivity index (χ1n) is 6.86. The molecule has 1 aromatic rings. The van der Waals surface area contributed by atoms with Crippen molar-refractivity contribution in [1.82, 2.24) is 4.90 Å². The molecule has 0 saturated carbocycles. The number of nitro groups is 1. The van der Waals surface area contributed by atoms with Crippen LogP contribution in [0.2, 0.25) is 0 Å². The zero-order valence-electron chi connectivity index (χ0n) is 11.8. The maximum absolute atomic E-state index is 13.6. The first kappa shape index (κ1) is 15.4. The fraction of sp³-hybridized carbons (Fsp3) is 0.500. The van der Waals surface area contributed by atoms with Crippen molar-refractivity contribution in [3.05, 3.63) is 39.7 Å². The van der Waals surface area contributed by atoms with E-state index in [-0.39, 0.29) is 12.0 Å². The van der Waals surface area contributed by atoms with Gasteiger partial charge in [-0.25, -0.2) is 0 Å². The summed E-state index contributed by atoms with van der Waals surface area (Å²) >= 11 is 0. The number of hydrogen-bond donors (Lipinski definition) is 0. The highest BCUT2D eigenvalue weighted by Gasteiger charge is 2.31. The molecule has 1 aliphatic rings. The smallest absolute Gasteiger partial charge is 0.323 e. The van der Waals surface area contributed by atoms with Gasteiger partial charge in [0.05, 0.1) is 11.5 Å². The minimum absolute atomic E-state index is 0.266. The third-order valence-corrected chi connectivity index (χ3v) is 3.52. The summed E-state index contributed by atoms with van der Waals surface area (Å²) in [6.07, 6.45) is 1.59. The molecule has 1 aliphatic heterocycles. The molecule has 6 nitrogen and oxygen atoms in total. The van der Waals surface area contributed by atoms with Crippen LogP contribution >= 0.6 is 0 Å². The van der Waals surface area contributed by atoms with E-state index in [1.807, 2.05) is 4.90 Å². The van der Waals surface area contributed by atoms with Gasteiger partial charge in [-0.3, -0.25) is 19.8 Å². The molecule has 1 fully saturated rings. The lowest BCUT2D eigenvalue weighted by molar-refractivity contribution is -0.387. The summed E-state index contributed by atoms with van der Waals surface area (Å²) in [7, 11) is 0. The molecule has 0 bridgehead atoms. The predicted molar refractivity (Wildman–Crippen MR) is 73.1 cm³/mol. The van der Waals surface area contributed by atoms with Gasteiger partial charge in [-0.2, -0.15) is 4.39 Å². The van der Waals surface area contributed by atoms with Gasteiger partial charge in [-0.15, -0.1) is 0 Å². The van der Waals surface area contributed by atoms with E-state index >= 15 is 0 Å². The fourth-order valence-electron chi connectivity index (χ4n) is 2.55. The van der Waals surface area contributed by atoms with Crippen LogP contribution in [0.3, 0.4) is 0 Å². The summed E-state index contributed by atoms with van der Waals surface area (Å²) in [5.41, 5.74) is 0.0661. The average Bonchev–Trinajstić information content (AvgIpc) is 2.87. The number of carbonyl (C=O) groups is 1. The Bertz CT molecular complexity index is 550. The molecule has 7 heteroatoms. The van der Waals surface area contributed by atoms with Gasteiger partial charge in [-0.05, 0) is 37.9 Å². The van der Waals surface area contributed by atoms with Crippen molar-refractivity contribution in [2.45, 2.75) is 32.4 Å². The number of carbonyl (C=O) groups excluding carboxylic acids is 1. The molecule has 21 heavy (non-hydrogen) atoms. The zero-order valence-corrected chi connectivity index (χ0v) is 11.8. The van der Waals surface area contributed by atoms with E-state index in [0.29, 0.717) is 25.1 Å². The predicted octanol–water partition coefficient (Wildman–Crippen LogP) is 2.26. The summed E-state index contributed by atoms with van der Waals surface area (Å²) in [6, 6.07) is 3.50. The van der Waals surface area contributed by atoms with E-state index in [4.69, 9.17) is 4.74 Å². The van der Waals surface area contributed by atoms with Gasteiger partial charge >= 0.3 is 11.7 Å². The van der Waals surface area contributed by atoms with Gasteiger partial charge < -0.3 is 4.74 Å². The second kappa shape index (κ2) is 6.62. The van der Waals surface area contributed by atoms with Crippen LogP contribution in [0.1, 0.15) is 25.3 Å². The van der Waals surface area contributed by atoms with Crippen LogP contribution in [0, 0.1) is 15.9 Å². The molecule has 0 aromatic heterocycles. The molecule has 0 amide bonds. The van der Waals surface area contributed by atoms with Crippen molar-refractivity contribution in [2.75, 3.05) is 13.2 Å². The van der Waals surface area contributed by atoms with E-state index in [1.54, 1.807) is 6.92 Å². The van der Waals surface area contributed by atoms with Crippen LogP contribution in [-0.4, -0.2) is 35.0 Å². The van der Waals surface area contributed by atoms with Crippen LogP contribution in [0.15, 0.2) is 18.2 Å². The Hall–Kier alpha value is -2.02. The maximum atomic E-state index is 13.6. The minimum Gasteiger partial charge on any atom is -0.465 e. The first-order valence-corrected chi connectivity index (χ1v) is 6.86. The van der Waals surface area contributed by atoms with Gasteiger partial charge in [0, 0.05) is 12.6 Å². The summed E-state index contributed by atoms with van der Waals surface area (Å²) in [5, 5.41) is 10.6. The van der Waals surface area contributed by atoms with Crippen LogP contribution in [0.4, 0.5) is 10.1 Å². The highest BCUT2D eigenvalue weighted by atomic mass is 19.1. The number of benzene rings is 1. The quantitative estimate of drug-likeness (QED) is 0.473. The molecule has 0 N–H and O–H groups in total. The maximum Gasteiger partial charge on any atom is 0.323 e. The largest absolute Gasteiger partial charge is 0.465 e. The normalized spacial score (nSPS) is 18.7. The lowest BCUT2D eigenvalue weighted by Gasteiger charge is -2.22. The van der Waals surface area contributed by atoms with Crippen molar-refractivity contribution < 1.29 is 18.8 Å². The number of rotatable bonds is 5. The summed E-state index contributed by atoms with van der Waals surface area (Å²) in [5.74, 6) is -1.12. The summed E-state index contributed by atoms with van der Waals surface area (Å²) in [4.78, 5) is 23.6. The van der Waals surface area contributed by atoms with Gasteiger partial charge in [0.1, 0.15) is 6.04 Å². The van der Waals surface area contributed by atoms with Crippen LogP contribution in [0.25, 0.3) is 0 Å². The Morgan fingerprint density at radius 3 is 2.95 bits per heavy atom. The lowest BCUT2D eigenvalue weighted by Crippen LogP contribution is -2.36. The first-order chi connectivity index (χ1) is 10.0. The van der Waals surface area contributed by atoms with Crippen LogP contribution < -0.4 is 0 Å². The molecule has 2 rings (SSSR count). The van der Waals surface area contributed by atoms with Crippen LogP contribution in [-0.2, 0) is 16.1 Å². The highest BCUT2D eigenvalue weighted by Crippen LogP contribution is 2.23. The standard InChI is InChI=1S/C14H17FN2O4/c1-2-21-14(18)13-4-3-7-16(13)9-10-5-6-12(17(19)20)11(15)8-10/h5-6,8,13H,2-4,7,9H2,1H3. The number of nitrogens with zero attached hydrogens (tertiary/aromatic N) is 2. The Labute approximate surface area is 121 Å². The fourth-order valence-corrected chi connectivity index (χ4v) is 2.55. The van der Waals surface area contributed by atoms with Gasteiger partial charge in [-0.1, -0.05) is 6.07 Å². The highest BCUT2D eigenvalue weighted by molar-refractivity contribution is 5.76. The van der Waals surface area contributed by atoms with Gasteiger partial charge in [0.2, 0.25) is 5.82 Å². The Morgan fingerprint density at radius 1 is 1.57 bits per heavy atom. The number of esters is 1. The van der Waals surface area contributed by atoms with E-state index in [0.717, 1.165) is 25.1 Å². The molecule has 1 saturated heterocycles. The molecule has 1 aromatic carbocycles. The molecule has 114 valence electrons. The van der Waals surface area contributed by atoms with E-state index in [2.05, 4.69) is 0 Å². The lowest BCUT2D eigenvalue weighted by atomic mass is 10.1. The number of halogens is 1. The Kier molecular flexibility index (Phi) is 4.85. The number of likely N-dealkylation sites (tertiary alicyclic amines) is 1. The van der Waals surface area contributed by atoms with Crippen molar-refractivity contribution in [2.24, 2.45) is 0 Å². The number of nitro benzene ring substituents is 1. The molecule has 0 aliphatic carbocycles. The SMILES string of the molecule is CCOC(=O)C1CCCN1Cc1ccc([N+](=O)[O-])c(F)c1. The molecule has 1 unspecified atom stereocenters. The number of hydrogen-bond acceptors (Lipinski definition) is 5. The van der Waals surface area contributed by atoms with E-state index in [1.165, 1.54) is 6.07 Å². The van der Waals surface area contributed by atoms with Gasteiger partial charge in [0.15, 0.2) is 0 Å². The van der Waals surface area contributed by atoms with Crippen molar-refractivity contribution in [3.63, 3.8) is 0 Å². The topological polar surface area (TPSA) is 72.7 Å². The van der Waals surface area contributed by atoms with Crippen molar-refractivity contribution >= 4 is 11.7 Å². The second-order valence-electron chi connectivity index (χ2n) is 4.92. The Morgan fingerprint density at radius 2 is 2.33 bits per heavy atom. The van der Waals surface area contributed by atoms with Crippen molar-refractivity contribution in [3.8, 4) is 0 Å². The second-order valence-corrected chi connectivity index (χ2v) is 4.92. The molecular weight excluding hydrogens is 279 g/mol. The average molecular weight is 296 g/mol. The number of ether oxygens (including phenoxy) is 1. The van der Waals surface area contributed by atoms with E-state index < -0.39 is 16.4 Å². The molecule has 1 heterocycles. The molecule has 1 atom stereocenters. The van der Waals surface area contributed by atoms with Gasteiger partial charge in [0.25, 0.3) is 0 Å². The van der Waals surface area contributed by atoms with Crippen molar-refractivity contribution in [1.29, 1.82) is 0 Å². The third-order valence-electron chi connectivity index (χ3n) is 3.52. The molecule has 0 spiro atoms. The third kappa shape index (κ3) is 3.55. The zero-order chi connectivity index (χ0) is 15.4. The van der Waals surface area contributed by atoms with Crippen LogP contribution in [0.5, 0.6) is 0 Å². The minimum atomic E-state index is -0.857. The molecule has 0 radical (unpaired) electrons. The molecular formula is C14H17FN2O4. The Balaban J connectivity index is 2.08.